The summed E-state index contributed by atoms with van der Waals surface area (Å²) < 4.78 is 37.0. The summed E-state index contributed by atoms with van der Waals surface area (Å²) in [6, 6.07) is 3.99. The van der Waals surface area contributed by atoms with E-state index in [1.54, 1.807) is 13.8 Å². The van der Waals surface area contributed by atoms with Gasteiger partial charge in [0, 0.05) is 24.1 Å². The van der Waals surface area contributed by atoms with Crippen molar-refractivity contribution in [1.29, 1.82) is 0 Å². The SMILES string of the molecule is CC(C)(CO)CNC(=O)c1ccc(C(F)(F)F)cc1. The molecule has 0 radical (unpaired) electrons. The summed E-state index contributed by atoms with van der Waals surface area (Å²) in [5.74, 6) is -0.463. The molecule has 0 saturated carbocycles. The Morgan fingerprint density at radius 1 is 1.21 bits per heavy atom. The number of hydrogen-bond acceptors (Lipinski definition) is 2. The molecule has 106 valence electrons. The van der Waals surface area contributed by atoms with Crippen LogP contribution >= 0.6 is 0 Å². The van der Waals surface area contributed by atoms with Gasteiger partial charge in [0.25, 0.3) is 5.91 Å². The second kappa shape index (κ2) is 5.61. The van der Waals surface area contributed by atoms with E-state index >= 15 is 0 Å². The first-order valence-electron chi connectivity index (χ1n) is 5.72. The molecule has 0 spiro atoms. The zero-order valence-electron chi connectivity index (χ0n) is 10.7. The van der Waals surface area contributed by atoms with Crippen molar-refractivity contribution in [1.82, 2.24) is 5.32 Å². The molecule has 1 aromatic carbocycles. The van der Waals surface area contributed by atoms with Crippen LogP contribution in [-0.4, -0.2) is 24.2 Å². The van der Waals surface area contributed by atoms with Crippen LogP contribution < -0.4 is 5.32 Å². The molecule has 6 heteroatoms. The highest BCUT2D eigenvalue weighted by atomic mass is 19.4. The average Bonchev–Trinajstić information content (AvgIpc) is 2.35. The van der Waals surface area contributed by atoms with E-state index in [2.05, 4.69) is 5.32 Å². The van der Waals surface area contributed by atoms with E-state index in [1.165, 1.54) is 0 Å². The van der Waals surface area contributed by atoms with Gasteiger partial charge in [-0.05, 0) is 24.3 Å². The smallest absolute Gasteiger partial charge is 0.396 e. The highest BCUT2D eigenvalue weighted by molar-refractivity contribution is 5.94. The molecule has 0 fully saturated rings. The molecule has 0 unspecified atom stereocenters. The largest absolute Gasteiger partial charge is 0.416 e. The summed E-state index contributed by atoms with van der Waals surface area (Å²) in [6.45, 7) is 3.67. The van der Waals surface area contributed by atoms with Crippen molar-refractivity contribution >= 4 is 5.91 Å². The minimum Gasteiger partial charge on any atom is -0.396 e. The van der Waals surface area contributed by atoms with Crippen LogP contribution in [0.3, 0.4) is 0 Å². The van der Waals surface area contributed by atoms with Crippen molar-refractivity contribution < 1.29 is 23.1 Å². The van der Waals surface area contributed by atoms with Crippen molar-refractivity contribution in [3.63, 3.8) is 0 Å². The molecule has 1 amide bonds. The fraction of sp³-hybridized carbons (Fsp3) is 0.462. The minimum absolute atomic E-state index is 0.0969. The van der Waals surface area contributed by atoms with Crippen LogP contribution in [0.15, 0.2) is 24.3 Å². The lowest BCUT2D eigenvalue weighted by atomic mass is 9.95. The second-order valence-electron chi connectivity index (χ2n) is 5.08. The maximum Gasteiger partial charge on any atom is 0.416 e. The van der Waals surface area contributed by atoms with Crippen LogP contribution in [0.4, 0.5) is 13.2 Å². The van der Waals surface area contributed by atoms with Crippen molar-refractivity contribution in [3.05, 3.63) is 35.4 Å². The zero-order valence-corrected chi connectivity index (χ0v) is 10.7. The average molecular weight is 275 g/mol. The fourth-order valence-electron chi connectivity index (χ4n) is 1.29. The van der Waals surface area contributed by atoms with E-state index in [0.717, 1.165) is 24.3 Å². The highest BCUT2D eigenvalue weighted by Crippen LogP contribution is 2.29. The molecule has 0 aliphatic rings. The van der Waals surface area contributed by atoms with E-state index in [-0.39, 0.29) is 18.7 Å². The summed E-state index contributed by atoms with van der Waals surface area (Å²) in [4.78, 5) is 11.7. The first kappa shape index (κ1) is 15.5. The Morgan fingerprint density at radius 3 is 2.16 bits per heavy atom. The number of nitrogens with one attached hydrogen (secondary N) is 1. The number of carbonyl (C=O) groups excluding carboxylic acids is 1. The summed E-state index contributed by atoms with van der Waals surface area (Å²) in [6.07, 6.45) is -4.41. The first-order valence-corrected chi connectivity index (χ1v) is 5.72. The predicted octanol–water partition coefficient (Wildman–Crippen LogP) is 2.45. The monoisotopic (exact) mass is 275 g/mol. The van der Waals surface area contributed by atoms with E-state index in [9.17, 15) is 18.0 Å². The summed E-state index contributed by atoms with van der Waals surface area (Å²) in [5, 5.41) is 11.6. The van der Waals surface area contributed by atoms with Crippen molar-refractivity contribution in [2.24, 2.45) is 5.41 Å². The zero-order chi connectivity index (χ0) is 14.7. The number of alkyl halides is 3. The van der Waals surface area contributed by atoms with E-state index < -0.39 is 23.1 Å². The molecule has 1 rings (SSSR count). The Labute approximate surface area is 109 Å². The van der Waals surface area contributed by atoms with Gasteiger partial charge in [-0.1, -0.05) is 13.8 Å². The minimum atomic E-state index is -4.41. The van der Waals surface area contributed by atoms with Gasteiger partial charge in [-0.2, -0.15) is 13.2 Å². The molecule has 0 aromatic heterocycles. The first-order chi connectivity index (χ1) is 8.65. The van der Waals surface area contributed by atoms with Crippen molar-refractivity contribution in [2.45, 2.75) is 20.0 Å². The predicted molar refractivity (Wildman–Crippen MR) is 64.6 cm³/mol. The Morgan fingerprint density at radius 2 is 1.74 bits per heavy atom. The van der Waals surface area contributed by atoms with Gasteiger partial charge >= 0.3 is 6.18 Å². The maximum absolute atomic E-state index is 12.3. The molecule has 0 saturated heterocycles. The van der Waals surface area contributed by atoms with E-state index in [0.29, 0.717) is 0 Å². The topological polar surface area (TPSA) is 49.3 Å². The van der Waals surface area contributed by atoms with E-state index in [1.807, 2.05) is 0 Å². The molecule has 0 aliphatic heterocycles. The lowest BCUT2D eigenvalue weighted by Gasteiger charge is -2.21. The van der Waals surface area contributed by atoms with Gasteiger partial charge in [0.05, 0.1) is 5.56 Å². The fourth-order valence-corrected chi connectivity index (χ4v) is 1.29. The van der Waals surface area contributed by atoms with Crippen LogP contribution in [0.2, 0.25) is 0 Å². The molecule has 0 bridgehead atoms. The number of hydrogen-bond donors (Lipinski definition) is 2. The number of aliphatic hydroxyl groups excluding tert-OH is 1. The van der Waals surface area contributed by atoms with Crippen LogP contribution in [-0.2, 0) is 6.18 Å². The Bertz CT molecular complexity index is 438. The molecule has 3 nitrogen and oxygen atoms in total. The van der Waals surface area contributed by atoms with Gasteiger partial charge in [0.15, 0.2) is 0 Å². The normalized spacial score (nSPS) is 12.3. The molecular formula is C13H16F3NO2. The molecule has 0 aliphatic carbocycles. The highest BCUT2D eigenvalue weighted by Gasteiger charge is 2.30. The van der Waals surface area contributed by atoms with Crippen LogP contribution in [0.5, 0.6) is 0 Å². The van der Waals surface area contributed by atoms with E-state index in [4.69, 9.17) is 5.11 Å². The van der Waals surface area contributed by atoms with Crippen molar-refractivity contribution in [3.8, 4) is 0 Å². The number of amides is 1. The molecule has 2 N–H and O–H groups in total. The quantitative estimate of drug-likeness (QED) is 0.886. The summed E-state index contributed by atoms with van der Waals surface area (Å²) in [5.41, 5.74) is -1.11. The second-order valence-corrected chi connectivity index (χ2v) is 5.08. The number of carbonyl (C=O) groups is 1. The molecular weight excluding hydrogens is 259 g/mol. The van der Waals surface area contributed by atoms with Gasteiger partial charge in [-0.25, -0.2) is 0 Å². The molecule has 0 atom stereocenters. The van der Waals surface area contributed by atoms with Crippen LogP contribution in [0.25, 0.3) is 0 Å². The number of aliphatic hydroxyl groups is 1. The van der Waals surface area contributed by atoms with Gasteiger partial charge in [0.2, 0.25) is 0 Å². The van der Waals surface area contributed by atoms with Gasteiger partial charge in [0.1, 0.15) is 0 Å². The summed E-state index contributed by atoms with van der Waals surface area (Å²) >= 11 is 0. The van der Waals surface area contributed by atoms with Gasteiger partial charge in [-0.3, -0.25) is 4.79 Å². The number of benzene rings is 1. The maximum atomic E-state index is 12.3. The number of rotatable bonds is 4. The summed E-state index contributed by atoms with van der Waals surface area (Å²) in [7, 11) is 0. The standard InChI is InChI=1S/C13H16F3NO2/c1-12(2,8-18)7-17-11(19)9-3-5-10(6-4-9)13(14,15)16/h3-6,18H,7-8H2,1-2H3,(H,17,19). The molecule has 19 heavy (non-hydrogen) atoms. The van der Waals surface area contributed by atoms with Gasteiger partial charge in [-0.15, -0.1) is 0 Å². The van der Waals surface area contributed by atoms with Crippen molar-refractivity contribution in [2.75, 3.05) is 13.2 Å². The molecule has 1 aromatic rings. The lowest BCUT2D eigenvalue weighted by molar-refractivity contribution is -0.137. The third-order valence-electron chi connectivity index (χ3n) is 2.63. The van der Waals surface area contributed by atoms with Crippen LogP contribution in [0.1, 0.15) is 29.8 Å². The lowest BCUT2D eigenvalue weighted by Crippen LogP contribution is -2.36. The Kier molecular flexibility index (Phi) is 4.57. The Hall–Kier alpha value is -1.56. The third-order valence-corrected chi connectivity index (χ3v) is 2.63. The molecule has 0 heterocycles. The van der Waals surface area contributed by atoms with Crippen LogP contribution in [0, 0.1) is 5.41 Å². The number of halogens is 3. The Balaban J connectivity index is 2.69. The third kappa shape index (κ3) is 4.55. The van der Waals surface area contributed by atoms with Gasteiger partial charge < -0.3 is 10.4 Å².